The Kier molecular flexibility index (Phi) is 3.88. The van der Waals surface area contributed by atoms with Crippen LogP contribution in [0, 0.1) is 0 Å². The molecule has 0 amide bonds. The second kappa shape index (κ2) is 4.97. The van der Waals surface area contributed by atoms with E-state index in [-0.39, 0.29) is 12.4 Å². The molecule has 0 saturated heterocycles. The average molecular weight is 237 g/mol. The predicted molar refractivity (Wildman–Crippen MR) is 50.2 cm³/mol. The van der Waals surface area contributed by atoms with Crippen molar-refractivity contribution in [3.63, 3.8) is 0 Å². The Balaban J connectivity index is 2.94. The van der Waals surface area contributed by atoms with Gasteiger partial charge in [0.25, 0.3) is 5.56 Å². The van der Waals surface area contributed by atoms with Crippen LogP contribution in [0.1, 0.15) is 0 Å². The van der Waals surface area contributed by atoms with E-state index in [1.165, 1.54) is 12.4 Å². The molecule has 5 nitrogen and oxygen atoms in total. The lowest BCUT2D eigenvalue weighted by atomic mass is 10.4. The van der Waals surface area contributed by atoms with Gasteiger partial charge in [0.05, 0.1) is 6.61 Å². The van der Waals surface area contributed by atoms with Crippen molar-refractivity contribution >= 4 is 5.82 Å². The Hall–Kier alpha value is -1.57. The molecule has 8 heteroatoms. The number of hydrogen-bond acceptors (Lipinski definition) is 4. The first-order valence-electron chi connectivity index (χ1n) is 4.40. The van der Waals surface area contributed by atoms with Crippen LogP contribution in [-0.2, 0) is 0 Å². The molecule has 16 heavy (non-hydrogen) atoms. The maximum atomic E-state index is 12.2. The number of nitrogens with zero attached hydrogens (tertiary/aromatic N) is 2. The molecule has 0 unspecified atom stereocenters. The molecule has 2 N–H and O–H groups in total. The van der Waals surface area contributed by atoms with Gasteiger partial charge < -0.3 is 15.0 Å². The molecule has 0 aliphatic heterocycles. The van der Waals surface area contributed by atoms with Crippen molar-refractivity contribution in [2.75, 3.05) is 24.6 Å². The van der Waals surface area contributed by atoms with Crippen LogP contribution >= 0.6 is 0 Å². The fourth-order valence-corrected chi connectivity index (χ4v) is 1.17. The minimum atomic E-state index is -4.46. The maximum Gasteiger partial charge on any atom is 0.405 e. The van der Waals surface area contributed by atoms with Crippen LogP contribution in [0.4, 0.5) is 19.0 Å². The summed E-state index contributed by atoms with van der Waals surface area (Å²) in [5.74, 6) is -0.353. The number of aliphatic hydroxyl groups is 1. The largest absolute Gasteiger partial charge is 0.405 e. The zero-order valence-electron chi connectivity index (χ0n) is 8.16. The number of aromatic amines is 1. The lowest BCUT2D eigenvalue weighted by molar-refractivity contribution is -0.120. The van der Waals surface area contributed by atoms with Gasteiger partial charge in [-0.3, -0.25) is 4.79 Å². The first-order valence-corrected chi connectivity index (χ1v) is 4.40. The van der Waals surface area contributed by atoms with Crippen LogP contribution in [0.2, 0.25) is 0 Å². The van der Waals surface area contributed by atoms with Crippen LogP contribution in [-0.4, -0.2) is 40.9 Å². The number of rotatable bonds is 4. The van der Waals surface area contributed by atoms with Crippen molar-refractivity contribution in [3.8, 4) is 0 Å². The van der Waals surface area contributed by atoms with Crippen LogP contribution in [0.25, 0.3) is 0 Å². The molecule has 0 aliphatic carbocycles. The van der Waals surface area contributed by atoms with Gasteiger partial charge in [-0.05, 0) is 0 Å². The molecule has 90 valence electrons. The van der Waals surface area contributed by atoms with Gasteiger partial charge >= 0.3 is 6.18 Å². The highest BCUT2D eigenvalue weighted by Crippen LogP contribution is 2.18. The summed E-state index contributed by atoms with van der Waals surface area (Å²) in [5.41, 5.74) is -0.722. The van der Waals surface area contributed by atoms with Crippen molar-refractivity contribution < 1.29 is 18.3 Å². The zero-order valence-corrected chi connectivity index (χ0v) is 8.16. The molecule has 0 aliphatic rings. The predicted octanol–water partition coefficient (Wildman–Crippen LogP) is 0.131. The van der Waals surface area contributed by atoms with Gasteiger partial charge in [-0.1, -0.05) is 0 Å². The van der Waals surface area contributed by atoms with Crippen LogP contribution < -0.4 is 10.5 Å². The summed E-state index contributed by atoms with van der Waals surface area (Å²) in [7, 11) is 0. The summed E-state index contributed by atoms with van der Waals surface area (Å²) in [6, 6.07) is 0. The Morgan fingerprint density at radius 3 is 2.69 bits per heavy atom. The van der Waals surface area contributed by atoms with E-state index in [0.29, 0.717) is 4.90 Å². The number of H-pyrrole nitrogens is 1. The lowest BCUT2D eigenvalue weighted by Gasteiger charge is -2.22. The minimum absolute atomic E-state index is 0.306. The van der Waals surface area contributed by atoms with E-state index in [2.05, 4.69) is 9.97 Å². The van der Waals surface area contributed by atoms with Crippen molar-refractivity contribution in [3.05, 3.63) is 22.7 Å². The van der Waals surface area contributed by atoms with Crippen LogP contribution in [0.3, 0.4) is 0 Å². The Morgan fingerprint density at radius 1 is 1.50 bits per heavy atom. The molecular weight excluding hydrogens is 227 g/mol. The fraction of sp³-hybridized carbons (Fsp3) is 0.500. The monoisotopic (exact) mass is 237 g/mol. The van der Waals surface area contributed by atoms with E-state index >= 15 is 0 Å². The number of halogens is 3. The van der Waals surface area contributed by atoms with Crippen LogP contribution in [0.5, 0.6) is 0 Å². The van der Waals surface area contributed by atoms with Gasteiger partial charge in [0, 0.05) is 18.9 Å². The molecule has 0 atom stereocenters. The summed E-state index contributed by atoms with van der Waals surface area (Å²) in [4.78, 5) is 17.7. The van der Waals surface area contributed by atoms with E-state index in [9.17, 15) is 18.0 Å². The van der Waals surface area contributed by atoms with Gasteiger partial charge in [0.1, 0.15) is 6.54 Å². The zero-order chi connectivity index (χ0) is 12.2. The van der Waals surface area contributed by atoms with Gasteiger partial charge in [-0.25, -0.2) is 4.98 Å². The highest BCUT2D eigenvalue weighted by Gasteiger charge is 2.31. The molecule has 1 heterocycles. The Morgan fingerprint density at radius 2 is 2.19 bits per heavy atom. The number of nitrogens with one attached hydrogen (secondary N) is 1. The quantitative estimate of drug-likeness (QED) is 0.781. The summed E-state index contributed by atoms with van der Waals surface area (Å²) < 4.78 is 36.5. The number of anilines is 1. The molecule has 1 rings (SSSR count). The molecule has 0 fully saturated rings. The van der Waals surface area contributed by atoms with Crippen molar-refractivity contribution in [1.29, 1.82) is 0 Å². The third kappa shape index (κ3) is 3.54. The second-order valence-corrected chi connectivity index (χ2v) is 3.00. The number of hydrogen-bond donors (Lipinski definition) is 2. The minimum Gasteiger partial charge on any atom is -0.395 e. The number of aromatic nitrogens is 2. The van der Waals surface area contributed by atoms with E-state index in [0.717, 1.165) is 0 Å². The third-order valence-corrected chi connectivity index (χ3v) is 1.73. The Labute approximate surface area is 88.5 Å². The van der Waals surface area contributed by atoms with E-state index in [4.69, 9.17) is 5.11 Å². The summed E-state index contributed by atoms with van der Waals surface area (Å²) in [6.45, 7) is -2.13. The molecule has 1 aromatic rings. The lowest BCUT2D eigenvalue weighted by Crippen LogP contribution is -2.39. The summed E-state index contributed by atoms with van der Waals surface area (Å²) >= 11 is 0. The second-order valence-electron chi connectivity index (χ2n) is 3.00. The van der Waals surface area contributed by atoms with E-state index < -0.39 is 24.9 Å². The van der Waals surface area contributed by atoms with Gasteiger partial charge in [-0.2, -0.15) is 13.2 Å². The highest BCUT2D eigenvalue weighted by molar-refractivity contribution is 5.35. The van der Waals surface area contributed by atoms with Gasteiger partial charge in [-0.15, -0.1) is 0 Å². The molecule has 0 spiro atoms. The normalized spacial score (nSPS) is 11.5. The summed E-state index contributed by atoms with van der Waals surface area (Å²) in [5, 5.41) is 8.64. The van der Waals surface area contributed by atoms with Crippen LogP contribution in [0.15, 0.2) is 17.2 Å². The molecule has 0 aromatic carbocycles. The topological polar surface area (TPSA) is 69.2 Å². The molecule has 1 aromatic heterocycles. The van der Waals surface area contributed by atoms with Gasteiger partial charge in [0.2, 0.25) is 0 Å². The molecule has 0 bridgehead atoms. The van der Waals surface area contributed by atoms with Crippen molar-refractivity contribution in [2.45, 2.75) is 6.18 Å². The van der Waals surface area contributed by atoms with Crippen molar-refractivity contribution in [2.24, 2.45) is 0 Å². The van der Waals surface area contributed by atoms with Crippen molar-refractivity contribution in [1.82, 2.24) is 9.97 Å². The Bertz CT molecular complexity index is 391. The molecule has 0 saturated carbocycles. The maximum absolute atomic E-state index is 12.2. The average Bonchev–Trinajstić information content (AvgIpc) is 2.16. The first kappa shape index (κ1) is 12.5. The first-order chi connectivity index (χ1) is 7.44. The molecular formula is C8H10F3N3O2. The smallest absolute Gasteiger partial charge is 0.395 e. The van der Waals surface area contributed by atoms with Gasteiger partial charge in [0.15, 0.2) is 5.82 Å². The number of aliphatic hydroxyl groups excluding tert-OH is 1. The number of alkyl halides is 3. The third-order valence-electron chi connectivity index (χ3n) is 1.73. The molecule has 0 radical (unpaired) electrons. The SMILES string of the molecule is O=c1[nH]ccnc1N(CCO)CC(F)(F)F. The van der Waals surface area contributed by atoms with E-state index in [1.54, 1.807) is 0 Å². The fourth-order valence-electron chi connectivity index (χ4n) is 1.17. The summed E-state index contributed by atoms with van der Waals surface area (Å²) in [6.07, 6.45) is -2.06. The van der Waals surface area contributed by atoms with E-state index in [1.807, 2.05) is 0 Å². The standard InChI is InChI=1S/C8H10F3N3O2/c9-8(10,11)5-14(3-4-15)6-7(16)13-2-1-12-6/h1-2,15H,3-5H2,(H,13,16). The highest BCUT2D eigenvalue weighted by atomic mass is 19.4.